The fourth-order valence-corrected chi connectivity index (χ4v) is 4.95. The third-order valence-corrected chi connectivity index (χ3v) is 6.23. The molecule has 0 aliphatic carbocycles. The summed E-state index contributed by atoms with van der Waals surface area (Å²) in [4.78, 5) is 2.99. The fourth-order valence-electron chi connectivity index (χ4n) is 3.88. The van der Waals surface area contributed by atoms with Crippen molar-refractivity contribution in [2.24, 2.45) is 12.8 Å². The Morgan fingerprint density at radius 2 is 1.97 bits per heavy atom. The predicted molar refractivity (Wildman–Crippen MR) is 107 cm³/mol. The van der Waals surface area contributed by atoms with Crippen LogP contribution in [0.4, 0.5) is 29.1 Å². The molecule has 3 heterocycles. The second-order valence-corrected chi connectivity index (χ2v) is 8.60. The maximum Gasteiger partial charge on any atom is 0.267 e. The van der Waals surface area contributed by atoms with Crippen LogP contribution >= 0.6 is 11.8 Å². The fraction of sp³-hybridized carbons (Fsp3) is 0.421. The minimum absolute atomic E-state index is 0.165. The van der Waals surface area contributed by atoms with Crippen molar-refractivity contribution in [3.63, 3.8) is 0 Å². The summed E-state index contributed by atoms with van der Waals surface area (Å²) >= 11 is 1.06. The van der Waals surface area contributed by atoms with Crippen LogP contribution in [0.15, 0.2) is 35.6 Å². The Morgan fingerprint density at radius 3 is 2.67 bits per heavy atom. The van der Waals surface area contributed by atoms with Gasteiger partial charge in [0.15, 0.2) is 5.82 Å². The quantitative estimate of drug-likeness (QED) is 0.710. The van der Waals surface area contributed by atoms with Gasteiger partial charge in [0.1, 0.15) is 22.7 Å². The number of rotatable bonds is 3. The molecule has 30 heavy (non-hydrogen) atoms. The highest BCUT2D eigenvalue weighted by Gasteiger charge is 2.40. The van der Waals surface area contributed by atoms with Crippen LogP contribution in [-0.2, 0) is 7.05 Å². The minimum Gasteiger partial charge on any atom is -0.393 e. The lowest BCUT2D eigenvalue weighted by molar-refractivity contribution is -0.0294. The molecule has 11 heteroatoms. The SMILES string of the molecule is Cn1ncc(N2C=C(N)SC2c2c(F)cccc2F)c1N1CCC(O)CC(F)(F)C1. The van der Waals surface area contributed by atoms with Gasteiger partial charge in [0, 0.05) is 26.2 Å². The van der Waals surface area contributed by atoms with E-state index >= 15 is 0 Å². The molecular formula is C19H21F4N5OS. The summed E-state index contributed by atoms with van der Waals surface area (Å²) in [5, 5.41) is 13.5. The molecular weight excluding hydrogens is 422 g/mol. The first-order chi connectivity index (χ1) is 14.2. The highest BCUT2D eigenvalue weighted by Crippen LogP contribution is 2.48. The van der Waals surface area contributed by atoms with E-state index in [0.29, 0.717) is 16.5 Å². The third kappa shape index (κ3) is 3.83. The summed E-state index contributed by atoms with van der Waals surface area (Å²) in [6.45, 7) is -0.419. The van der Waals surface area contributed by atoms with Gasteiger partial charge in [-0.15, -0.1) is 0 Å². The number of aryl methyl sites for hydroxylation is 1. The van der Waals surface area contributed by atoms with Crippen LogP contribution in [0.3, 0.4) is 0 Å². The molecule has 0 spiro atoms. The zero-order valence-corrected chi connectivity index (χ0v) is 16.9. The third-order valence-electron chi connectivity index (χ3n) is 5.17. The molecule has 0 saturated carbocycles. The topological polar surface area (TPSA) is 70.5 Å². The molecule has 1 aromatic carbocycles. The molecule has 0 radical (unpaired) electrons. The van der Waals surface area contributed by atoms with Crippen molar-refractivity contribution in [2.75, 3.05) is 22.9 Å². The van der Waals surface area contributed by atoms with Crippen LogP contribution in [0.25, 0.3) is 0 Å². The summed E-state index contributed by atoms with van der Waals surface area (Å²) in [5.41, 5.74) is 6.17. The van der Waals surface area contributed by atoms with Crippen LogP contribution in [0.1, 0.15) is 23.8 Å². The Labute approximate surface area is 174 Å². The number of anilines is 2. The van der Waals surface area contributed by atoms with Crippen LogP contribution in [-0.4, -0.2) is 40.0 Å². The number of aliphatic hydroxyl groups excluding tert-OH is 1. The number of nitrogens with zero attached hydrogens (tertiary/aromatic N) is 4. The molecule has 4 rings (SSSR count). The molecule has 1 aromatic heterocycles. The maximum atomic E-state index is 14.5. The maximum absolute atomic E-state index is 14.5. The van der Waals surface area contributed by atoms with Crippen molar-refractivity contribution < 1.29 is 22.7 Å². The number of hydrogen-bond donors (Lipinski definition) is 2. The molecule has 6 nitrogen and oxygen atoms in total. The number of aromatic nitrogens is 2. The van der Waals surface area contributed by atoms with Crippen LogP contribution in [0, 0.1) is 11.6 Å². The normalized spacial score (nSPS) is 24.1. The Morgan fingerprint density at radius 1 is 1.27 bits per heavy atom. The zero-order chi connectivity index (χ0) is 21.6. The molecule has 2 aliphatic rings. The summed E-state index contributed by atoms with van der Waals surface area (Å²) in [5.74, 6) is -4.19. The monoisotopic (exact) mass is 443 g/mol. The van der Waals surface area contributed by atoms with E-state index < -0.39 is 42.0 Å². The van der Waals surface area contributed by atoms with Gasteiger partial charge in [0.2, 0.25) is 0 Å². The van der Waals surface area contributed by atoms with Crippen molar-refractivity contribution in [1.82, 2.24) is 9.78 Å². The predicted octanol–water partition coefficient (Wildman–Crippen LogP) is 3.30. The second-order valence-electron chi connectivity index (χ2n) is 7.45. The van der Waals surface area contributed by atoms with E-state index in [4.69, 9.17) is 5.73 Å². The number of benzene rings is 1. The van der Waals surface area contributed by atoms with Crippen molar-refractivity contribution in [3.8, 4) is 0 Å². The lowest BCUT2D eigenvalue weighted by atomic mass is 10.1. The first kappa shape index (κ1) is 20.9. The van der Waals surface area contributed by atoms with E-state index in [1.807, 2.05) is 0 Å². The summed E-state index contributed by atoms with van der Waals surface area (Å²) < 4.78 is 59.0. The van der Waals surface area contributed by atoms with Gasteiger partial charge in [-0.1, -0.05) is 17.8 Å². The van der Waals surface area contributed by atoms with Gasteiger partial charge < -0.3 is 20.6 Å². The van der Waals surface area contributed by atoms with Gasteiger partial charge in [-0.05, 0) is 18.6 Å². The number of thioether (sulfide) groups is 1. The van der Waals surface area contributed by atoms with Crippen LogP contribution < -0.4 is 15.5 Å². The highest BCUT2D eigenvalue weighted by molar-refractivity contribution is 8.03. The lowest BCUT2D eigenvalue weighted by Gasteiger charge is -2.31. The Hall–Kier alpha value is -2.40. The molecule has 2 unspecified atom stereocenters. The molecule has 3 N–H and O–H groups in total. The van der Waals surface area contributed by atoms with Crippen molar-refractivity contribution in [3.05, 3.63) is 52.8 Å². The Bertz CT molecular complexity index is 962. The minimum atomic E-state index is -3.09. The second kappa shape index (κ2) is 7.69. The molecule has 162 valence electrons. The summed E-state index contributed by atoms with van der Waals surface area (Å²) in [6, 6.07) is 3.59. The standard InChI is InChI=1S/C19H21F4N5OS/c1-26-17(27-6-5-11(29)7-19(22,23)10-27)14(8-25-26)28-9-15(24)30-18(28)16-12(20)3-2-4-13(16)21/h2-4,8-9,11,18,29H,5-7,10,24H2,1H3. The number of hydrogen-bond acceptors (Lipinski definition) is 6. The summed E-state index contributed by atoms with van der Waals surface area (Å²) in [6.07, 6.45) is 1.41. The largest absolute Gasteiger partial charge is 0.393 e. The van der Waals surface area contributed by atoms with Crippen LogP contribution in [0.2, 0.25) is 0 Å². The number of alkyl halides is 2. The first-order valence-corrected chi connectivity index (χ1v) is 10.2. The van der Waals surface area contributed by atoms with Gasteiger partial charge in [-0.25, -0.2) is 17.6 Å². The number of halogens is 4. The van der Waals surface area contributed by atoms with E-state index in [9.17, 15) is 22.7 Å². The van der Waals surface area contributed by atoms with Crippen molar-refractivity contribution in [2.45, 2.75) is 30.2 Å². The number of aliphatic hydroxyl groups is 1. The van der Waals surface area contributed by atoms with Gasteiger partial charge in [0.25, 0.3) is 5.92 Å². The van der Waals surface area contributed by atoms with Gasteiger partial charge in [-0.2, -0.15) is 5.10 Å². The van der Waals surface area contributed by atoms with E-state index in [1.165, 1.54) is 28.0 Å². The van der Waals surface area contributed by atoms with Crippen molar-refractivity contribution >= 4 is 23.3 Å². The highest BCUT2D eigenvalue weighted by atomic mass is 32.2. The Balaban J connectivity index is 1.76. The molecule has 0 amide bonds. The molecule has 1 saturated heterocycles. The molecule has 2 aliphatic heterocycles. The van der Waals surface area contributed by atoms with Gasteiger partial charge in [-0.3, -0.25) is 4.68 Å². The van der Waals surface area contributed by atoms with Gasteiger partial charge >= 0.3 is 0 Å². The Kier molecular flexibility index (Phi) is 5.35. The average molecular weight is 443 g/mol. The first-order valence-electron chi connectivity index (χ1n) is 9.35. The molecule has 2 aromatic rings. The van der Waals surface area contributed by atoms with E-state index in [2.05, 4.69) is 5.10 Å². The number of nitrogens with two attached hydrogens (primary N) is 1. The smallest absolute Gasteiger partial charge is 0.267 e. The van der Waals surface area contributed by atoms with E-state index in [-0.39, 0.29) is 18.5 Å². The molecule has 1 fully saturated rings. The van der Waals surface area contributed by atoms with E-state index in [1.54, 1.807) is 11.9 Å². The average Bonchev–Trinajstić information content (AvgIpc) is 3.16. The van der Waals surface area contributed by atoms with Crippen LogP contribution in [0.5, 0.6) is 0 Å². The summed E-state index contributed by atoms with van der Waals surface area (Å²) in [7, 11) is 1.60. The molecule has 2 atom stereocenters. The van der Waals surface area contributed by atoms with E-state index in [0.717, 1.165) is 23.9 Å². The van der Waals surface area contributed by atoms with Gasteiger partial charge in [0.05, 0.1) is 29.4 Å². The van der Waals surface area contributed by atoms with Crippen molar-refractivity contribution in [1.29, 1.82) is 0 Å². The molecule has 0 bridgehead atoms. The lowest BCUT2D eigenvalue weighted by Crippen LogP contribution is -2.37. The zero-order valence-electron chi connectivity index (χ0n) is 16.1.